The van der Waals surface area contributed by atoms with Crippen LogP contribution in [-0.4, -0.2) is 4.98 Å². The summed E-state index contributed by atoms with van der Waals surface area (Å²) in [5, 5.41) is 3.55. The van der Waals surface area contributed by atoms with Crippen molar-refractivity contribution in [1.29, 1.82) is 0 Å². The van der Waals surface area contributed by atoms with Crippen LogP contribution in [0.15, 0.2) is 36.4 Å². The average molecular weight is 234 g/mol. The highest BCUT2D eigenvalue weighted by Crippen LogP contribution is 2.23. The topological polar surface area (TPSA) is 50.9 Å². The van der Waals surface area contributed by atoms with Crippen LogP contribution in [0.25, 0.3) is 0 Å². The summed E-state index contributed by atoms with van der Waals surface area (Å²) in [6.07, 6.45) is 0. The lowest BCUT2D eigenvalue weighted by Crippen LogP contribution is -1.99. The van der Waals surface area contributed by atoms with E-state index in [-0.39, 0.29) is 0 Å². The van der Waals surface area contributed by atoms with Gasteiger partial charge in [-0.15, -0.1) is 0 Å². The smallest absolute Gasteiger partial charge is 0.155 e. The van der Waals surface area contributed by atoms with Crippen LogP contribution in [0.3, 0.4) is 0 Å². The van der Waals surface area contributed by atoms with Crippen LogP contribution in [0.1, 0.15) is 5.56 Å². The maximum atomic E-state index is 5.81. The van der Waals surface area contributed by atoms with Gasteiger partial charge in [0.05, 0.1) is 5.69 Å². The summed E-state index contributed by atoms with van der Waals surface area (Å²) in [4.78, 5) is 4.13. The Morgan fingerprint density at radius 2 is 2.06 bits per heavy atom. The molecule has 0 aliphatic heterocycles. The predicted molar refractivity (Wildman–Crippen MR) is 68.1 cm³/mol. The molecule has 0 bridgehead atoms. The van der Waals surface area contributed by atoms with E-state index in [2.05, 4.69) is 10.3 Å². The lowest BCUT2D eigenvalue weighted by atomic mass is 10.2. The van der Waals surface area contributed by atoms with Crippen molar-refractivity contribution in [3.05, 3.63) is 47.1 Å². The van der Waals surface area contributed by atoms with E-state index in [1.165, 1.54) is 5.56 Å². The molecule has 3 N–H and O–H groups in total. The fraction of sp³-hybridized carbons (Fsp3) is 0.0833. The molecule has 0 saturated heterocycles. The Morgan fingerprint density at radius 1 is 1.25 bits per heavy atom. The first-order valence-electron chi connectivity index (χ1n) is 4.91. The van der Waals surface area contributed by atoms with E-state index in [1.54, 1.807) is 12.1 Å². The highest BCUT2D eigenvalue weighted by molar-refractivity contribution is 6.29. The number of hydrogen-bond donors (Lipinski definition) is 2. The van der Waals surface area contributed by atoms with Gasteiger partial charge in [0, 0.05) is 5.69 Å². The molecular weight excluding hydrogens is 222 g/mol. The van der Waals surface area contributed by atoms with Crippen LogP contribution >= 0.6 is 11.6 Å². The highest BCUT2D eigenvalue weighted by Gasteiger charge is 2.02. The highest BCUT2D eigenvalue weighted by atomic mass is 35.5. The molecule has 82 valence electrons. The minimum Gasteiger partial charge on any atom is -0.396 e. The first-order chi connectivity index (χ1) is 7.65. The summed E-state index contributed by atoms with van der Waals surface area (Å²) in [6, 6.07) is 11.4. The zero-order chi connectivity index (χ0) is 11.5. The van der Waals surface area contributed by atoms with E-state index in [0.717, 1.165) is 5.69 Å². The number of nitrogens with two attached hydrogens (primary N) is 1. The van der Waals surface area contributed by atoms with Crippen molar-refractivity contribution in [3.63, 3.8) is 0 Å². The number of halogens is 1. The quantitative estimate of drug-likeness (QED) is 0.782. The number of nitrogens with one attached hydrogen (secondary N) is 1. The zero-order valence-electron chi connectivity index (χ0n) is 8.87. The van der Waals surface area contributed by atoms with Crippen LogP contribution in [0.4, 0.5) is 17.2 Å². The Bertz CT molecular complexity index is 511. The number of aromatic nitrogens is 1. The zero-order valence-corrected chi connectivity index (χ0v) is 9.62. The maximum absolute atomic E-state index is 5.81. The standard InChI is InChI=1S/C12H12ClN3/c1-8-3-2-4-9(7-8)15-12-10(14)5-6-11(13)16-12/h2-7H,14H2,1H3,(H,15,16). The third-order valence-electron chi connectivity index (χ3n) is 2.17. The number of nitrogen functional groups attached to an aromatic ring is 1. The van der Waals surface area contributed by atoms with Gasteiger partial charge in [0.2, 0.25) is 0 Å². The van der Waals surface area contributed by atoms with Crippen molar-refractivity contribution in [3.8, 4) is 0 Å². The van der Waals surface area contributed by atoms with E-state index < -0.39 is 0 Å². The molecule has 0 fully saturated rings. The van der Waals surface area contributed by atoms with Crippen molar-refractivity contribution in [2.75, 3.05) is 11.1 Å². The minimum atomic E-state index is 0.421. The number of benzene rings is 1. The van der Waals surface area contributed by atoms with Crippen molar-refractivity contribution in [1.82, 2.24) is 4.98 Å². The van der Waals surface area contributed by atoms with E-state index in [1.807, 2.05) is 31.2 Å². The van der Waals surface area contributed by atoms with E-state index in [9.17, 15) is 0 Å². The summed E-state index contributed by atoms with van der Waals surface area (Å²) >= 11 is 5.81. The Hall–Kier alpha value is -1.74. The average Bonchev–Trinajstić information content (AvgIpc) is 2.24. The lowest BCUT2D eigenvalue weighted by molar-refractivity contribution is 1.31. The third kappa shape index (κ3) is 2.44. The Labute approximate surface area is 99.3 Å². The number of pyridine rings is 1. The summed E-state index contributed by atoms with van der Waals surface area (Å²) in [6.45, 7) is 2.03. The summed E-state index contributed by atoms with van der Waals surface area (Å²) < 4.78 is 0. The normalized spacial score (nSPS) is 10.1. The molecule has 0 radical (unpaired) electrons. The summed E-state index contributed by atoms with van der Waals surface area (Å²) in [5.74, 6) is 0.582. The lowest BCUT2D eigenvalue weighted by Gasteiger charge is -2.08. The number of rotatable bonds is 2. The van der Waals surface area contributed by atoms with Gasteiger partial charge in [-0.3, -0.25) is 0 Å². The van der Waals surface area contributed by atoms with Gasteiger partial charge in [0.25, 0.3) is 0 Å². The van der Waals surface area contributed by atoms with Crippen LogP contribution in [0.2, 0.25) is 5.15 Å². The molecule has 0 spiro atoms. The molecule has 1 aromatic heterocycles. The molecule has 2 aromatic rings. The van der Waals surface area contributed by atoms with Gasteiger partial charge in [0.1, 0.15) is 5.15 Å². The number of hydrogen-bond acceptors (Lipinski definition) is 3. The van der Waals surface area contributed by atoms with E-state index in [4.69, 9.17) is 17.3 Å². The number of aryl methyl sites for hydroxylation is 1. The van der Waals surface area contributed by atoms with E-state index >= 15 is 0 Å². The third-order valence-corrected chi connectivity index (χ3v) is 2.38. The van der Waals surface area contributed by atoms with Gasteiger partial charge >= 0.3 is 0 Å². The largest absolute Gasteiger partial charge is 0.396 e. The van der Waals surface area contributed by atoms with Crippen LogP contribution in [0, 0.1) is 6.92 Å². The molecule has 2 rings (SSSR count). The van der Waals surface area contributed by atoms with Gasteiger partial charge in [-0.25, -0.2) is 4.98 Å². The molecule has 3 nitrogen and oxygen atoms in total. The Morgan fingerprint density at radius 3 is 2.81 bits per heavy atom. The molecule has 0 aliphatic rings. The first kappa shape index (κ1) is 10.8. The molecule has 0 atom stereocenters. The molecule has 1 heterocycles. The van der Waals surface area contributed by atoms with Crippen LogP contribution in [-0.2, 0) is 0 Å². The second-order valence-electron chi connectivity index (χ2n) is 3.57. The van der Waals surface area contributed by atoms with Gasteiger partial charge in [-0.1, -0.05) is 23.7 Å². The Balaban J connectivity index is 2.30. The number of anilines is 3. The van der Waals surface area contributed by atoms with Gasteiger partial charge < -0.3 is 11.1 Å². The monoisotopic (exact) mass is 233 g/mol. The van der Waals surface area contributed by atoms with Crippen molar-refractivity contribution in [2.24, 2.45) is 0 Å². The summed E-state index contributed by atoms with van der Waals surface area (Å²) in [5.41, 5.74) is 8.48. The SMILES string of the molecule is Cc1cccc(Nc2nc(Cl)ccc2N)c1. The van der Waals surface area contributed by atoms with Gasteiger partial charge in [0.15, 0.2) is 5.82 Å². The molecule has 0 amide bonds. The fourth-order valence-electron chi connectivity index (χ4n) is 1.41. The van der Waals surface area contributed by atoms with Gasteiger partial charge in [-0.2, -0.15) is 0 Å². The van der Waals surface area contributed by atoms with Crippen molar-refractivity contribution < 1.29 is 0 Å². The maximum Gasteiger partial charge on any atom is 0.155 e. The molecule has 0 saturated carbocycles. The predicted octanol–water partition coefficient (Wildman–Crippen LogP) is 3.37. The van der Waals surface area contributed by atoms with Crippen molar-refractivity contribution >= 4 is 28.8 Å². The van der Waals surface area contributed by atoms with Crippen LogP contribution in [0.5, 0.6) is 0 Å². The molecule has 4 heteroatoms. The fourth-order valence-corrected chi connectivity index (χ4v) is 1.55. The second-order valence-corrected chi connectivity index (χ2v) is 3.95. The first-order valence-corrected chi connectivity index (χ1v) is 5.28. The molecular formula is C12H12ClN3. The van der Waals surface area contributed by atoms with Crippen molar-refractivity contribution in [2.45, 2.75) is 6.92 Å². The number of nitrogens with zero attached hydrogens (tertiary/aromatic N) is 1. The van der Waals surface area contributed by atoms with Crippen LogP contribution < -0.4 is 11.1 Å². The molecule has 16 heavy (non-hydrogen) atoms. The summed E-state index contributed by atoms with van der Waals surface area (Å²) in [7, 11) is 0. The molecule has 0 unspecified atom stereocenters. The second kappa shape index (κ2) is 4.41. The minimum absolute atomic E-state index is 0.421. The van der Waals surface area contributed by atoms with E-state index in [0.29, 0.717) is 16.7 Å². The Kier molecular flexibility index (Phi) is 2.97. The molecule has 1 aromatic carbocycles. The van der Waals surface area contributed by atoms with Gasteiger partial charge in [-0.05, 0) is 36.8 Å². The molecule has 0 aliphatic carbocycles.